The van der Waals surface area contributed by atoms with Crippen molar-refractivity contribution >= 4 is 21.8 Å². The average Bonchev–Trinajstić information content (AvgIpc) is 2.33. The molecular formula is C11H20N2O5S. The Balaban J connectivity index is 2.23. The SMILES string of the molecule is CS(=O)(=O)CCCNC(=O)N1CCC(C(=O)O)CC1. The topological polar surface area (TPSA) is 104 Å². The molecule has 0 saturated carbocycles. The summed E-state index contributed by atoms with van der Waals surface area (Å²) in [4.78, 5) is 24.0. The maximum Gasteiger partial charge on any atom is 0.317 e. The Kier molecular flexibility index (Phi) is 5.59. The van der Waals surface area contributed by atoms with Crippen LogP contribution in [0.1, 0.15) is 19.3 Å². The van der Waals surface area contributed by atoms with Gasteiger partial charge in [-0.1, -0.05) is 0 Å². The van der Waals surface area contributed by atoms with Crippen molar-refractivity contribution in [2.24, 2.45) is 5.92 Å². The van der Waals surface area contributed by atoms with E-state index in [1.165, 1.54) is 0 Å². The molecule has 2 N–H and O–H groups in total. The van der Waals surface area contributed by atoms with Gasteiger partial charge in [0.15, 0.2) is 0 Å². The number of hydrogen-bond acceptors (Lipinski definition) is 4. The second kappa shape index (κ2) is 6.74. The van der Waals surface area contributed by atoms with Gasteiger partial charge in [0.1, 0.15) is 9.84 Å². The Hall–Kier alpha value is -1.31. The van der Waals surface area contributed by atoms with E-state index in [0.29, 0.717) is 38.9 Å². The molecule has 0 radical (unpaired) electrons. The number of carbonyl (C=O) groups is 2. The first-order valence-electron chi connectivity index (χ1n) is 6.23. The fourth-order valence-electron chi connectivity index (χ4n) is 1.97. The molecule has 1 aliphatic rings. The van der Waals surface area contributed by atoms with Crippen molar-refractivity contribution in [1.82, 2.24) is 10.2 Å². The van der Waals surface area contributed by atoms with E-state index in [4.69, 9.17) is 5.11 Å². The van der Waals surface area contributed by atoms with E-state index in [-0.39, 0.29) is 17.7 Å². The molecule has 110 valence electrons. The van der Waals surface area contributed by atoms with Gasteiger partial charge in [-0.3, -0.25) is 4.79 Å². The van der Waals surface area contributed by atoms with Crippen LogP contribution < -0.4 is 5.32 Å². The molecule has 1 aliphatic heterocycles. The van der Waals surface area contributed by atoms with Crippen molar-refractivity contribution in [1.29, 1.82) is 0 Å². The normalized spacial score (nSPS) is 17.2. The van der Waals surface area contributed by atoms with Crippen LogP contribution in [0.5, 0.6) is 0 Å². The van der Waals surface area contributed by atoms with E-state index in [1.54, 1.807) is 4.90 Å². The molecule has 1 fully saturated rings. The summed E-state index contributed by atoms with van der Waals surface area (Å²) < 4.78 is 21.8. The third-order valence-corrected chi connectivity index (χ3v) is 4.13. The van der Waals surface area contributed by atoms with Crippen LogP contribution in [0, 0.1) is 5.92 Å². The second-order valence-corrected chi connectivity index (χ2v) is 7.07. The number of amides is 2. The molecule has 0 atom stereocenters. The van der Waals surface area contributed by atoms with Crippen molar-refractivity contribution in [3.05, 3.63) is 0 Å². The largest absolute Gasteiger partial charge is 0.481 e. The predicted octanol–water partition coefficient (Wildman–Crippen LogP) is -0.0727. The Bertz CT molecular complexity index is 426. The third-order valence-electron chi connectivity index (χ3n) is 3.10. The zero-order chi connectivity index (χ0) is 14.5. The second-order valence-electron chi connectivity index (χ2n) is 4.81. The molecule has 0 unspecified atom stereocenters. The maximum atomic E-state index is 11.7. The van der Waals surface area contributed by atoms with E-state index < -0.39 is 15.8 Å². The lowest BCUT2D eigenvalue weighted by Crippen LogP contribution is -2.45. The van der Waals surface area contributed by atoms with Gasteiger partial charge in [0, 0.05) is 25.9 Å². The summed E-state index contributed by atoms with van der Waals surface area (Å²) in [6, 6.07) is -0.252. The van der Waals surface area contributed by atoms with Gasteiger partial charge in [-0.25, -0.2) is 13.2 Å². The van der Waals surface area contributed by atoms with Crippen LogP contribution in [0.4, 0.5) is 4.79 Å². The van der Waals surface area contributed by atoms with Crippen LogP contribution in [0.2, 0.25) is 0 Å². The summed E-state index contributed by atoms with van der Waals surface area (Å²) in [6.45, 7) is 1.16. The summed E-state index contributed by atoms with van der Waals surface area (Å²) in [6.07, 6.45) is 2.47. The molecule has 0 aliphatic carbocycles. The fraction of sp³-hybridized carbons (Fsp3) is 0.818. The van der Waals surface area contributed by atoms with Gasteiger partial charge in [0.25, 0.3) is 0 Å². The number of carboxylic acids is 1. The maximum absolute atomic E-state index is 11.7. The van der Waals surface area contributed by atoms with Crippen LogP contribution in [-0.2, 0) is 14.6 Å². The van der Waals surface area contributed by atoms with Gasteiger partial charge in [-0.05, 0) is 19.3 Å². The number of carbonyl (C=O) groups excluding carboxylic acids is 1. The number of nitrogens with zero attached hydrogens (tertiary/aromatic N) is 1. The molecule has 1 rings (SSSR count). The number of rotatable bonds is 5. The van der Waals surface area contributed by atoms with Gasteiger partial charge >= 0.3 is 12.0 Å². The van der Waals surface area contributed by atoms with Crippen molar-refractivity contribution in [3.63, 3.8) is 0 Å². The lowest BCUT2D eigenvalue weighted by Gasteiger charge is -2.30. The highest BCUT2D eigenvalue weighted by Gasteiger charge is 2.26. The van der Waals surface area contributed by atoms with E-state index in [9.17, 15) is 18.0 Å². The Morgan fingerprint density at radius 3 is 2.37 bits per heavy atom. The van der Waals surface area contributed by atoms with E-state index in [0.717, 1.165) is 6.26 Å². The summed E-state index contributed by atoms with van der Waals surface area (Å²) in [5.41, 5.74) is 0. The molecule has 7 nitrogen and oxygen atoms in total. The van der Waals surface area contributed by atoms with Crippen LogP contribution in [0.15, 0.2) is 0 Å². The predicted molar refractivity (Wildman–Crippen MR) is 69.7 cm³/mol. The highest BCUT2D eigenvalue weighted by molar-refractivity contribution is 7.90. The molecule has 8 heteroatoms. The fourth-order valence-corrected chi connectivity index (χ4v) is 2.64. The summed E-state index contributed by atoms with van der Waals surface area (Å²) in [5.74, 6) is -1.13. The first kappa shape index (κ1) is 15.7. The summed E-state index contributed by atoms with van der Waals surface area (Å²) >= 11 is 0. The molecule has 19 heavy (non-hydrogen) atoms. The third kappa shape index (κ3) is 5.91. The number of piperidine rings is 1. The molecular weight excluding hydrogens is 272 g/mol. The van der Waals surface area contributed by atoms with Crippen molar-refractivity contribution in [2.45, 2.75) is 19.3 Å². The number of urea groups is 1. The number of carboxylic acid groups (broad SMARTS) is 1. The van der Waals surface area contributed by atoms with Crippen molar-refractivity contribution in [2.75, 3.05) is 31.6 Å². The number of nitrogens with one attached hydrogen (secondary N) is 1. The lowest BCUT2D eigenvalue weighted by molar-refractivity contribution is -0.143. The molecule has 0 aromatic rings. The standard InChI is InChI=1S/C11H20N2O5S/c1-19(17,18)8-2-5-12-11(16)13-6-3-9(4-7-13)10(14)15/h9H,2-8H2,1H3,(H,12,16)(H,14,15). The average molecular weight is 292 g/mol. The highest BCUT2D eigenvalue weighted by atomic mass is 32.2. The first-order chi connectivity index (χ1) is 8.79. The number of likely N-dealkylation sites (tertiary alicyclic amines) is 1. The van der Waals surface area contributed by atoms with Crippen LogP contribution >= 0.6 is 0 Å². The van der Waals surface area contributed by atoms with Crippen LogP contribution in [-0.4, -0.2) is 62.1 Å². The zero-order valence-corrected chi connectivity index (χ0v) is 11.8. The number of aliphatic carboxylic acids is 1. The molecule has 1 heterocycles. The first-order valence-corrected chi connectivity index (χ1v) is 8.29. The molecule has 0 aromatic heterocycles. The van der Waals surface area contributed by atoms with E-state index >= 15 is 0 Å². The van der Waals surface area contributed by atoms with Crippen LogP contribution in [0.3, 0.4) is 0 Å². The van der Waals surface area contributed by atoms with Gasteiger partial charge < -0.3 is 15.3 Å². The van der Waals surface area contributed by atoms with Crippen LogP contribution in [0.25, 0.3) is 0 Å². The quantitative estimate of drug-likeness (QED) is 0.690. The van der Waals surface area contributed by atoms with Gasteiger partial charge in [0.05, 0.1) is 11.7 Å². The Morgan fingerprint density at radius 2 is 1.89 bits per heavy atom. The molecule has 0 spiro atoms. The summed E-state index contributed by atoms with van der Waals surface area (Å²) in [7, 11) is -2.99. The number of hydrogen-bond donors (Lipinski definition) is 2. The smallest absolute Gasteiger partial charge is 0.317 e. The van der Waals surface area contributed by atoms with Crippen molar-refractivity contribution in [3.8, 4) is 0 Å². The van der Waals surface area contributed by atoms with Gasteiger partial charge in [-0.2, -0.15) is 0 Å². The molecule has 2 amide bonds. The minimum atomic E-state index is -2.99. The Labute approximate surface area is 112 Å². The van der Waals surface area contributed by atoms with Crippen molar-refractivity contribution < 1.29 is 23.1 Å². The molecule has 0 aromatic carbocycles. The zero-order valence-electron chi connectivity index (χ0n) is 11.0. The Morgan fingerprint density at radius 1 is 1.32 bits per heavy atom. The summed E-state index contributed by atoms with van der Waals surface area (Å²) in [5, 5.41) is 11.5. The lowest BCUT2D eigenvalue weighted by atomic mass is 9.97. The minimum Gasteiger partial charge on any atom is -0.481 e. The van der Waals surface area contributed by atoms with Gasteiger partial charge in [0.2, 0.25) is 0 Å². The highest BCUT2D eigenvalue weighted by Crippen LogP contribution is 2.17. The monoisotopic (exact) mass is 292 g/mol. The van der Waals surface area contributed by atoms with E-state index in [2.05, 4.69) is 5.32 Å². The minimum absolute atomic E-state index is 0.0500. The molecule has 0 bridgehead atoms. The molecule has 1 saturated heterocycles. The van der Waals surface area contributed by atoms with Gasteiger partial charge in [-0.15, -0.1) is 0 Å². The van der Waals surface area contributed by atoms with E-state index in [1.807, 2.05) is 0 Å². The number of sulfone groups is 1.